The summed E-state index contributed by atoms with van der Waals surface area (Å²) in [5, 5.41) is 0. The van der Waals surface area contributed by atoms with Gasteiger partial charge in [0.25, 0.3) is 0 Å². The Morgan fingerprint density at radius 2 is 2.00 bits per heavy atom. The number of carbonyl (C=O) groups excluding carboxylic acids is 1. The van der Waals surface area contributed by atoms with Crippen molar-refractivity contribution in [3.8, 4) is 0 Å². The number of ether oxygens (including phenoxy) is 1. The van der Waals surface area contributed by atoms with Crippen LogP contribution >= 0.6 is 0 Å². The Labute approximate surface area is 66.9 Å². The second-order valence-corrected chi connectivity index (χ2v) is 2.35. The van der Waals surface area contributed by atoms with Gasteiger partial charge in [-0.15, -0.1) is 0 Å². The van der Waals surface area contributed by atoms with Crippen LogP contribution in [0.15, 0.2) is 0 Å². The van der Waals surface area contributed by atoms with E-state index in [2.05, 4.69) is 0 Å². The van der Waals surface area contributed by atoms with E-state index in [4.69, 9.17) is 16.2 Å². The zero-order chi connectivity index (χ0) is 8.69. The molecule has 0 unspecified atom stereocenters. The molecule has 0 bridgehead atoms. The molecule has 4 heteroatoms. The Kier molecular flexibility index (Phi) is 5.78. The third kappa shape index (κ3) is 4.75. The molecule has 0 aliphatic carbocycles. The number of hydrogen-bond acceptors (Lipinski definition) is 4. The highest BCUT2D eigenvalue weighted by atomic mass is 16.5. The van der Waals surface area contributed by atoms with E-state index < -0.39 is 0 Å². The summed E-state index contributed by atoms with van der Waals surface area (Å²) in [6.07, 6.45) is 0.334. The zero-order valence-corrected chi connectivity index (χ0v) is 6.88. The number of carbonyl (C=O) groups is 1. The minimum Gasteiger partial charge on any atom is -0.466 e. The van der Waals surface area contributed by atoms with E-state index in [1.54, 1.807) is 6.92 Å². The highest BCUT2D eigenvalue weighted by Crippen LogP contribution is 1.99. The number of hydrogen-bond donors (Lipinski definition) is 2. The lowest BCUT2D eigenvalue weighted by molar-refractivity contribution is -0.144. The lowest BCUT2D eigenvalue weighted by atomic mass is 10.1. The SMILES string of the molecule is CCOC(=O)CC(CN)CN. The molecule has 0 radical (unpaired) electrons. The average molecular weight is 160 g/mol. The van der Waals surface area contributed by atoms with Gasteiger partial charge in [0.1, 0.15) is 0 Å². The monoisotopic (exact) mass is 160 g/mol. The molecular weight excluding hydrogens is 144 g/mol. The first-order chi connectivity index (χ1) is 5.24. The summed E-state index contributed by atoms with van der Waals surface area (Å²) in [6, 6.07) is 0. The van der Waals surface area contributed by atoms with Crippen molar-refractivity contribution in [1.29, 1.82) is 0 Å². The van der Waals surface area contributed by atoms with Gasteiger partial charge in [0.2, 0.25) is 0 Å². The molecule has 0 aromatic rings. The molecule has 4 N–H and O–H groups in total. The molecule has 0 spiro atoms. The number of esters is 1. The molecule has 0 saturated carbocycles. The van der Waals surface area contributed by atoms with Crippen molar-refractivity contribution in [3.05, 3.63) is 0 Å². The molecular formula is C7H16N2O2. The van der Waals surface area contributed by atoms with Gasteiger partial charge < -0.3 is 16.2 Å². The minimum absolute atomic E-state index is 0.0639. The summed E-state index contributed by atoms with van der Waals surface area (Å²) >= 11 is 0. The van der Waals surface area contributed by atoms with E-state index in [0.717, 1.165) is 0 Å². The molecule has 0 aliphatic rings. The van der Waals surface area contributed by atoms with Crippen LogP contribution in [0.3, 0.4) is 0 Å². The van der Waals surface area contributed by atoms with Crippen molar-refractivity contribution in [1.82, 2.24) is 0 Å². The fraction of sp³-hybridized carbons (Fsp3) is 0.857. The summed E-state index contributed by atoms with van der Waals surface area (Å²) in [5.74, 6) is -0.151. The summed E-state index contributed by atoms with van der Waals surface area (Å²) in [4.78, 5) is 10.8. The van der Waals surface area contributed by atoms with Crippen molar-refractivity contribution < 1.29 is 9.53 Å². The van der Waals surface area contributed by atoms with Gasteiger partial charge >= 0.3 is 5.97 Å². The van der Waals surface area contributed by atoms with Crippen LogP contribution in [-0.4, -0.2) is 25.7 Å². The number of nitrogens with two attached hydrogens (primary N) is 2. The summed E-state index contributed by atoms with van der Waals surface area (Å²) in [7, 11) is 0. The Morgan fingerprint density at radius 3 is 2.36 bits per heavy atom. The molecule has 0 saturated heterocycles. The van der Waals surface area contributed by atoms with Crippen molar-refractivity contribution >= 4 is 5.97 Å². The molecule has 0 fully saturated rings. The predicted octanol–water partition coefficient (Wildman–Crippen LogP) is -0.527. The molecule has 0 aliphatic heterocycles. The smallest absolute Gasteiger partial charge is 0.306 e. The number of rotatable bonds is 5. The topological polar surface area (TPSA) is 78.3 Å². The van der Waals surface area contributed by atoms with Crippen molar-refractivity contribution in [2.45, 2.75) is 13.3 Å². The van der Waals surface area contributed by atoms with E-state index >= 15 is 0 Å². The van der Waals surface area contributed by atoms with Crippen molar-refractivity contribution in [3.63, 3.8) is 0 Å². The van der Waals surface area contributed by atoms with Crippen LogP contribution in [-0.2, 0) is 9.53 Å². The largest absolute Gasteiger partial charge is 0.466 e. The molecule has 0 amide bonds. The van der Waals surface area contributed by atoms with Gasteiger partial charge in [0.15, 0.2) is 0 Å². The average Bonchev–Trinajstić information content (AvgIpc) is 2.01. The maximum absolute atomic E-state index is 10.8. The first-order valence-electron chi connectivity index (χ1n) is 3.80. The normalized spacial score (nSPS) is 10.2. The molecule has 0 aromatic heterocycles. The van der Waals surface area contributed by atoms with Gasteiger partial charge in [-0.3, -0.25) is 4.79 Å². The lowest BCUT2D eigenvalue weighted by Gasteiger charge is -2.09. The third-order valence-corrected chi connectivity index (χ3v) is 1.43. The van der Waals surface area contributed by atoms with E-state index in [9.17, 15) is 4.79 Å². The first kappa shape index (κ1) is 10.4. The maximum Gasteiger partial charge on any atom is 0.306 e. The summed E-state index contributed by atoms with van der Waals surface area (Å²) < 4.78 is 4.73. The molecule has 0 heterocycles. The van der Waals surface area contributed by atoms with Gasteiger partial charge in [-0.25, -0.2) is 0 Å². The Bertz CT molecular complexity index is 113. The van der Waals surface area contributed by atoms with Gasteiger partial charge in [0, 0.05) is 0 Å². The predicted molar refractivity (Wildman–Crippen MR) is 42.8 cm³/mol. The van der Waals surface area contributed by atoms with E-state index in [-0.39, 0.29) is 11.9 Å². The Balaban J connectivity index is 3.54. The first-order valence-corrected chi connectivity index (χ1v) is 3.80. The molecule has 0 rings (SSSR count). The van der Waals surface area contributed by atoms with Crippen molar-refractivity contribution in [2.24, 2.45) is 17.4 Å². The fourth-order valence-corrected chi connectivity index (χ4v) is 0.719. The van der Waals surface area contributed by atoms with Crippen LogP contribution in [0.1, 0.15) is 13.3 Å². The minimum atomic E-state index is -0.214. The van der Waals surface area contributed by atoms with E-state index in [0.29, 0.717) is 26.1 Å². The quantitative estimate of drug-likeness (QED) is 0.530. The molecule has 11 heavy (non-hydrogen) atoms. The standard InChI is InChI=1S/C7H16N2O2/c1-2-11-7(10)3-6(4-8)5-9/h6H,2-5,8-9H2,1H3. The summed E-state index contributed by atoms with van der Waals surface area (Å²) in [5.41, 5.74) is 10.7. The Hall–Kier alpha value is -0.610. The van der Waals surface area contributed by atoms with Crippen LogP contribution in [0.5, 0.6) is 0 Å². The van der Waals surface area contributed by atoms with Crippen LogP contribution in [0.2, 0.25) is 0 Å². The van der Waals surface area contributed by atoms with Crippen LogP contribution in [0.25, 0.3) is 0 Å². The molecule has 4 nitrogen and oxygen atoms in total. The third-order valence-electron chi connectivity index (χ3n) is 1.43. The van der Waals surface area contributed by atoms with Crippen LogP contribution in [0.4, 0.5) is 0 Å². The van der Waals surface area contributed by atoms with E-state index in [1.807, 2.05) is 0 Å². The molecule has 0 atom stereocenters. The molecule has 66 valence electrons. The highest BCUT2D eigenvalue weighted by molar-refractivity contribution is 5.69. The Morgan fingerprint density at radius 1 is 1.45 bits per heavy atom. The van der Waals surface area contributed by atoms with Gasteiger partial charge in [0.05, 0.1) is 13.0 Å². The fourth-order valence-electron chi connectivity index (χ4n) is 0.719. The van der Waals surface area contributed by atoms with Gasteiger partial charge in [-0.2, -0.15) is 0 Å². The lowest BCUT2D eigenvalue weighted by Crippen LogP contribution is -2.26. The van der Waals surface area contributed by atoms with E-state index in [1.165, 1.54) is 0 Å². The van der Waals surface area contributed by atoms with Crippen molar-refractivity contribution in [2.75, 3.05) is 19.7 Å². The van der Waals surface area contributed by atoms with Crippen LogP contribution < -0.4 is 11.5 Å². The van der Waals surface area contributed by atoms with Crippen LogP contribution in [0, 0.1) is 5.92 Å². The second kappa shape index (κ2) is 6.12. The van der Waals surface area contributed by atoms with Gasteiger partial charge in [-0.05, 0) is 25.9 Å². The molecule has 0 aromatic carbocycles. The highest BCUT2D eigenvalue weighted by Gasteiger charge is 2.10. The second-order valence-electron chi connectivity index (χ2n) is 2.35. The zero-order valence-electron chi connectivity index (χ0n) is 6.88. The summed E-state index contributed by atoms with van der Waals surface area (Å²) in [6.45, 7) is 3.07. The van der Waals surface area contributed by atoms with Gasteiger partial charge in [-0.1, -0.05) is 0 Å². The maximum atomic E-state index is 10.8.